The highest BCUT2D eigenvalue weighted by Crippen LogP contribution is 2.38. The van der Waals surface area contributed by atoms with Gasteiger partial charge in [-0.1, -0.05) is 29.8 Å². The number of aromatic nitrogens is 1. The average Bonchev–Trinajstić information content (AvgIpc) is 2.84. The van der Waals surface area contributed by atoms with Crippen molar-refractivity contribution in [1.82, 2.24) is 4.98 Å². The Bertz CT molecular complexity index is 619. The fourth-order valence-corrected chi connectivity index (χ4v) is 3.92. The molecule has 0 aliphatic heterocycles. The van der Waals surface area contributed by atoms with Crippen LogP contribution in [0.15, 0.2) is 22.7 Å². The fraction of sp³-hybridized carbons (Fsp3) is 0.467. The number of carbonyl (C=O) groups is 1. The molecule has 0 bridgehead atoms. The van der Waals surface area contributed by atoms with Crippen LogP contribution in [0.2, 0.25) is 0 Å². The van der Waals surface area contributed by atoms with Crippen molar-refractivity contribution in [2.75, 3.05) is 6.61 Å². The zero-order valence-corrected chi connectivity index (χ0v) is 14.3. The molecule has 0 N–H and O–H groups in total. The zero-order chi connectivity index (χ0) is 14.8. The van der Waals surface area contributed by atoms with Gasteiger partial charge < -0.3 is 4.74 Å². The minimum absolute atomic E-state index is 0.164. The minimum atomic E-state index is -0.619. The lowest BCUT2D eigenvalue weighted by molar-refractivity contribution is -0.150. The third kappa shape index (κ3) is 2.61. The van der Waals surface area contributed by atoms with E-state index < -0.39 is 5.41 Å². The third-order valence-corrected chi connectivity index (χ3v) is 5.37. The summed E-state index contributed by atoms with van der Waals surface area (Å²) in [5, 5.41) is 0.856. The van der Waals surface area contributed by atoms with Gasteiger partial charge in [-0.3, -0.25) is 4.79 Å². The molecule has 0 fully saturated rings. The summed E-state index contributed by atoms with van der Waals surface area (Å²) in [5.74, 6) is -0.164. The van der Waals surface area contributed by atoms with Gasteiger partial charge in [0.05, 0.1) is 16.8 Å². The van der Waals surface area contributed by atoms with Crippen molar-refractivity contribution in [1.29, 1.82) is 0 Å². The minimum Gasteiger partial charge on any atom is -0.465 e. The predicted molar refractivity (Wildman–Crippen MR) is 86.2 cm³/mol. The van der Waals surface area contributed by atoms with Gasteiger partial charge in [-0.25, -0.2) is 4.98 Å². The van der Waals surface area contributed by atoms with Gasteiger partial charge in [0.1, 0.15) is 10.4 Å². The zero-order valence-electron chi connectivity index (χ0n) is 11.9. The van der Waals surface area contributed by atoms with Crippen LogP contribution >= 0.6 is 27.3 Å². The highest BCUT2D eigenvalue weighted by atomic mass is 79.9. The van der Waals surface area contributed by atoms with Crippen molar-refractivity contribution in [2.45, 2.75) is 39.0 Å². The molecule has 1 aromatic carbocycles. The molecule has 5 heteroatoms. The van der Waals surface area contributed by atoms with Gasteiger partial charge >= 0.3 is 5.97 Å². The molecule has 0 atom stereocenters. The summed E-state index contributed by atoms with van der Waals surface area (Å²) in [6, 6.07) is 6.01. The lowest BCUT2D eigenvalue weighted by Crippen LogP contribution is -2.36. The second-order valence-corrected chi connectivity index (χ2v) is 6.59. The van der Waals surface area contributed by atoms with Crippen molar-refractivity contribution >= 4 is 43.5 Å². The number of thiazole rings is 1. The van der Waals surface area contributed by atoms with Crippen LogP contribution in [0, 0.1) is 0 Å². The molecule has 0 aliphatic rings. The summed E-state index contributed by atoms with van der Waals surface area (Å²) in [7, 11) is 0. The van der Waals surface area contributed by atoms with Gasteiger partial charge in [0.15, 0.2) is 0 Å². The lowest BCUT2D eigenvalue weighted by Gasteiger charge is -2.26. The Morgan fingerprint density at radius 3 is 2.65 bits per heavy atom. The van der Waals surface area contributed by atoms with Crippen LogP contribution in [-0.4, -0.2) is 17.6 Å². The fourth-order valence-electron chi connectivity index (χ4n) is 2.30. The van der Waals surface area contributed by atoms with Crippen molar-refractivity contribution in [3.05, 3.63) is 27.7 Å². The first-order chi connectivity index (χ1) is 9.57. The van der Waals surface area contributed by atoms with Gasteiger partial charge in [-0.2, -0.15) is 0 Å². The van der Waals surface area contributed by atoms with E-state index >= 15 is 0 Å². The van der Waals surface area contributed by atoms with Crippen LogP contribution in [0.4, 0.5) is 0 Å². The first kappa shape index (κ1) is 15.4. The highest BCUT2D eigenvalue weighted by molar-refractivity contribution is 9.10. The molecule has 108 valence electrons. The van der Waals surface area contributed by atoms with E-state index in [0.717, 1.165) is 19.7 Å². The number of benzene rings is 1. The van der Waals surface area contributed by atoms with E-state index in [1.54, 1.807) is 11.3 Å². The average molecular weight is 356 g/mol. The number of hydrogen-bond acceptors (Lipinski definition) is 4. The SMILES string of the molecule is CCOC(=O)C(CC)(CC)c1nc2cc(Br)ccc2s1. The molecule has 1 aromatic heterocycles. The Kier molecular flexibility index (Phi) is 4.81. The van der Waals surface area contributed by atoms with Crippen molar-refractivity contribution < 1.29 is 9.53 Å². The maximum Gasteiger partial charge on any atom is 0.319 e. The molecule has 3 nitrogen and oxygen atoms in total. The third-order valence-electron chi connectivity index (χ3n) is 3.63. The molecule has 0 spiro atoms. The molecule has 0 radical (unpaired) electrons. The van der Waals surface area contributed by atoms with Crippen LogP contribution in [0.3, 0.4) is 0 Å². The van der Waals surface area contributed by atoms with E-state index in [4.69, 9.17) is 4.74 Å². The number of nitrogens with zero attached hydrogens (tertiary/aromatic N) is 1. The standard InChI is InChI=1S/C15H18BrNO2S/c1-4-15(5-2,14(18)19-6-3)13-17-11-9-10(16)7-8-12(11)20-13/h7-9H,4-6H2,1-3H3. The van der Waals surface area contributed by atoms with Crippen molar-refractivity contribution in [3.63, 3.8) is 0 Å². The molecule has 2 rings (SSSR count). The molecule has 2 aromatic rings. The number of carbonyl (C=O) groups excluding carboxylic acids is 1. The first-order valence-corrected chi connectivity index (χ1v) is 8.42. The van der Waals surface area contributed by atoms with E-state index in [0.29, 0.717) is 19.4 Å². The van der Waals surface area contributed by atoms with Gasteiger partial charge in [0, 0.05) is 4.47 Å². The quantitative estimate of drug-likeness (QED) is 0.731. The first-order valence-electron chi connectivity index (χ1n) is 6.81. The number of rotatable bonds is 5. The van der Waals surface area contributed by atoms with E-state index in [1.165, 1.54) is 0 Å². The second kappa shape index (κ2) is 6.22. The van der Waals surface area contributed by atoms with Gasteiger partial charge in [-0.15, -0.1) is 11.3 Å². The maximum absolute atomic E-state index is 12.4. The van der Waals surface area contributed by atoms with Crippen molar-refractivity contribution in [2.24, 2.45) is 0 Å². The number of ether oxygens (including phenoxy) is 1. The smallest absolute Gasteiger partial charge is 0.319 e. The number of hydrogen-bond donors (Lipinski definition) is 0. The van der Waals surface area contributed by atoms with E-state index in [9.17, 15) is 4.79 Å². The molecule has 0 aliphatic carbocycles. The normalized spacial score (nSPS) is 11.8. The van der Waals surface area contributed by atoms with Gasteiger partial charge in [0.25, 0.3) is 0 Å². The number of fused-ring (bicyclic) bond motifs is 1. The van der Waals surface area contributed by atoms with E-state index in [1.807, 2.05) is 39.0 Å². The topological polar surface area (TPSA) is 39.2 Å². The molecule has 0 saturated carbocycles. The molecule has 20 heavy (non-hydrogen) atoms. The van der Waals surface area contributed by atoms with Crippen LogP contribution in [-0.2, 0) is 14.9 Å². The summed E-state index contributed by atoms with van der Waals surface area (Å²) in [5.41, 5.74) is 0.307. The van der Waals surface area contributed by atoms with Crippen LogP contribution in [0.25, 0.3) is 10.2 Å². The Morgan fingerprint density at radius 2 is 2.05 bits per heavy atom. The second-order valence-electron chi connectivity index (χ2n) is 4.64. The summed E-state index contributed by atoms with van der Waals surface area (Å²) in [6.07, 6.45) is 1.40. The maximum atomic E-state index is 12.4. The summed E-state index contributed by atoms with van der Waals surface area (Å²) in [4.78, 5) is 17.1. The molecule has 0 unspecified atom stereocenters. The number of halogens is 1. The lowest BCUT2D eigenvalue weighted by atomic mass is 9.83. The highest BCUT2D eigenvalue weighted by Gasteiger charge is 2.41. The van der Waals surface area contributed by atoms with E-state index in [2.05, 4.69) is 20.9 Å². The van der Waals surface area contributed by atoms with Gasteiger partial charge in [0.2, 0.25) is 0 Å². The van der Waals surface area contributed by atoms with Crippen molar-refractivity contribution in [3.8, 4) is 0 Å². The Labute approximate surface area is 131 Å². The monoisotopic (exact) mass is 355 g/mol. The number of esters is 1. The Balaban J connectivity index is 2.53. The molecular weight excluding hydrogens is 338 g/mol. The Hall–Kier alpha value is -0.940. The molecule has 0 amide bonds. The predicted octanol–water partition coefficient (Wildman–Crippen LogP) is 4.68. The molecule has 1 heterocycles. The molecular formula is C15H18BrNO2S. The Morgan fingerprint density at radius 1 is 1.35 bits per heavy atom. The summed E-state index contributed by atoms with van der Waals surface area (Å²) < 4.78 is 7.37. The summed E-state index contributed by atoms with van der Waals surface area (Å²) >= 11 is 5.04. The van der Waals surface area contributed by atoms with Crippen LogP contribution in [0.1, 0.15) is 38.6 Å². The summed E-state index contributed by atoms with van der Waals surface area (Å²) in [6.45, 7) is 6.27. The van der Waals surface area contributed by atoms with Crippen LogP contribution in [0.5, 0.6) is 0 Å². The van der Waals surface area contributed by atoms with Gasteiger partial charge in [-0.05, 0) is 38.0 Å². The largest absolute Gasteiger partial charge is 0.465 e. The molecule has 0 saturated heterocycles. The van der Waals surface area contributed by atoms with Crippen LogP contribution < -0.4 is 0 Å². The van der Waals surface area contributed by atoms with E-state index in [-0.39, 0.29) is 5.97 Å².